The SMILES string of the molecule is CCOC(=O)[C@@H]1CCCN(C(=O)C[C@@H](C)NC(=O)c2ccccc2)C1. The van der Waals surface area contributed by atoms with Crippen LogP contribution in [0.5, 0.6) is 0 Å². The van der Waals surface area contributed by atoms with Crippen LogP contribution in [0.4, 0.5) is 0 Å². The van der Waals surface area contributed by atoms with E-state index in [1.165, 1.54) is 0 Å². The lowest BCUT2D eigenvalue weighted by molar-refractivity contribution is -0.151. The number of hydrogen-bond donors (Lipinski definition) is 1. The van der Waals surface area contributed by atoms with Gasteiger partial charge in [0, 0.05) is 31.1 Å². The minimum atomic E-state index is -0.275. The van der Waals surface area contributed by atoms with Gasteiger partial charge in [0.2, 0.25) is 5.91 Å². The molecular weight excluding hydrogens is 320 g/mol. The molecule has 1 aliphatic rings. The van der Waals surface area contributed by atoms with Crippen molar-refractivity contribution in [2.24, 2.45) is 5.92 Å². The highest BCUT2D eigenvalue weighted by Crippen LogP contribution is 2.19. The van der Waals surface area contributed by atoms with E-state index in [2.05, 4.69) is 5.32 Å². The van der Waals surface area contributed by atoms with Gasteiger partial charge in [-0.1, -0.05) is 18.2 Å². The number of carbonyl (C=O) groups excluding carboxylic acids is 3. The Labute approximate surface area is 148 Å². The van der Waals surface area contributed by atoms with Crippen molar-refractivity contribution in [1.29, 1.82) is 0 Å². The lowest BCUT2D eigenvalue weighted by Crippen LogP contribution is -2.45. The number of benzene rings is 1. The van der Waals surface area contributed by atoms with Crippen molar-refractivity contribution < 1.29 is 19.1 Å². The minimum Gasteiger partial charge on any atom is -0.466 e. The summed E-state index contributed by atoms with van der Waals surface area (Å²) in [5, 5.41) is 2.84. The molecule has 1 aromatic rings. The lowest BCUT2D eigenvalue weighted by atomic mass is 9.97. The van der Waals surface area contributed by atoms with Crippen molar-refractivity contribution in [1.82, 2.24) is 10.2 Å². The summed E-state index contributed by atoms with van der Waals surface area (Å²) in [6, 6.07) is 8.64. The highest BCUT2D eigenvalue weighted by atomic mass is 16.5. The number of amides is 2. The zero-order valence-electron chi connectivity index (χ0n) is 14.9. The van der Waals surface area contributed by atoms with Gasteiger partial charge in [-0.3, -0.25) is 14.4 Å². The molecule has 25 heavy (non-hydrogen) atoms. The number of nitrogens with one attached hydrogen (secondary N) is 1. The van der Waals surface area contributed by atoms with Crippen molar-refractivity contribution in [3.63, 3.8) is 0 Å². The van der Waals surface area contributed by atoms with E-state index < -0.39 is 0 Å². The Morgan fingerprint density at radius 1 is 1.28 bits per heavy atom. The van der Waals surface area contributed by atoms with E-state index in [9.17, 15) is 14.4 Å². The van der Waals surface area contributed by atoms with E-state index in [1.54, 1.807) is 36.1 Å². The van der Waals surface area contributed by atoms with Crippen LogP contribution in [0.2, 0.25) is 0 Å². The normalized spacial score (nSPS) is 18.3. The van der Waals surface area contributed by atoms with Gasteiger partial charge in [-0.2, -0.15) is 0 Å². The Morgan fingerprint density at radius 3 is 2.68 bits per heavy atom. The van der Waals surface area contributed by atoms with Gasteiger partial charge < -0.3 is 15.0 Å². The Balaban J connectivity index is 1.84. The van der Waals surface area contributed by atoms with Gasteiger partial charge in [-0.15, -0.1) is 0 Å². The van der Waals surface area contributed by atoms with E-state index in [0.29, 0.717) is 25.3 Å². The molecular formula is C19H26N2O4. The number of esters is 1. The summed E-state index contributed by atoms with van der Waals surface area (Å²) in [6.45, 7) is 4.99. The Hall–Kier alpha value is -2.37. The molecule has 2 atom stereocenters. The fourth-order valence-electron chi connectivity index (χ4n) is 2.99. The third kappa shape index (κ3) is 5.59. The maximum Gasteiger partial charge on any atom is 0.310 e. The first-order valence-corrected chi connectivity index (χ1v) is 8.81. The zero-order chi connectivity index (χ0) is 18.2. The third-order valence-corrected chi connectivity index (χ3v) is 4.29. The summed E-state index contributed by atoms with van der Waals surface area (Å²) < 4.78 is 5.06. The molecule has 0 radical (unpaired) electrons. The molecule has 0 spiro atoms. The van der Waals surface area contributed by atoms with Crippen LogP contribution in [0.3, 0.4) is 0 Å². The second-order valence-corrected chi connectivity index (χ2v) is 6.38. The van der Waals surface area contributed by atoms with Gasteiger partial charge in [0.15, 0.2) is 0 Å². The van der Waals surface area contributed by atoms with E-state index in [0.717, 1.165) is 12.8 Å². The predicted octanol–water partition coefficient (Wildman–Crippen LogP) is 2.00. The maximum atomic E-state index is 12.5. The molecule has 2 amide bonds. The van der Waals surface area contributed by atoms with Crippen LogP contribution in [-0.2, 0) is 14.3 Å². The highest BCUT2D eigenvalue weighted by Gasteiger charge is 2.29. The number of nitrogens with zero attached hydrogens (tertiary/aromatic N) is 1. The van der Waals surface area contributed by atoms with Gasteiger partial charge in [0.25, 0.3) is 5.91 Å². The molecule has 0 aromatic heterocycles. The Morgan fingerprint density at radius 2 is 2.00 bits per heavy atom. The molecule has 2 rings (SSSR count). The van der Waals surface area contributed by atoms with Gasteiger partial charge in [0.1, 0.15) is 0 Å². The topological polar surface area (TPSA) is 75.7 Å². The van der Waals surface area contributed by atoms with Gasteiger partial charge in [-0.25, -0.2) is 0 Å². The molecule has 1 saturated heterocycles. The Kier molecular flexibility index (Phi) is 6.98. The average Bonchev–Trinajstić information content (AvgIpc) is 2.62. The first kappa shape index (κ1) is 19.0. The third-order valence-electron chi connectivity index (χ3n) is 4.29. The maximum absolute atomic E-state index is 12.5. The molecule has 1 heterocycles. The molecule has 0 bridgehead atoms. The van der Waals surface area contributed by atoms with Crippen molar-refractivity contribution in [3.05, 3.63) is 35.9 Å². The highest BCUT2D eigenvalue weighted by molar-refractivity contribution is 5.94. The van der Waals surface area contributed by atoms with Crippen molar-refractivity contribution in [2.75, 3.05) is 19.7 Å². The summed E-state index contributed by atoms with van der Waals surface area (Å²) in [5.74, 6) is -0.712. The number of hydrogen-bond acceptors (Lipinski definition) is 4. The number of likely N-dealkylation sites (tertiary alicyclic amines) is 1. The molecule has 1 N–H and O–H groups in total. The fraction of sp³-hybridized carbons (Fsp3) is 0.526. The summed E-state index contributed by atoms with van der Waals surface area (Å²) in [5.41, 5.74) is 0.571. The molecule has 1 aliphatic heterocycles. The van der Waals surface area contributed by atoms with Crippen molar-refractivity contribution >= 4 is 17.8 Å². The zero-order valence-corrected chi connectivity index (χ0v) is 14.9. The molecule has 6 nitrogen and oxygen atoms in total. The van der Waals surface area contributed by atoms with E-state index in [4.69, 9.17) is 4.74 Å². The summed E-state index contributed by atoms with van der Waals surface area (Å²) >= 11 is 0. The average molecular weight is 346 g/mol. The molecule has 0 unspecified atom stereocenters. The van der Waals surface area contributed by atoms with E-state index in [-0.39, 0.29) is 36.2 Å². The van der Waals surface area contributed by atoms with Crippen LogP contribution >= 0.6 is 0 Å². The molecule has 6 heteroatoms. The quantitative estimate of drug-likeness (QED) is 0.800. The van der Waals surface area contributed by atoms with E-state index >= 15 is 0 Å². The van der Waals surface area contributed by atoms with Crippen LogP contribution in [-0.4, -0.2) is 48.4 Å². The van der Waals surface area contributed by atoms with Crippen molar-refractivity contribution in [3.8, 4) is 0 Å². The number of piperidine rings is 1. The summed E-state index contributed by atoms with van der Waals surface area (Å²) in [6.07, 6.45) is 1.76. The summed E-state index contributed by atoms with van der Waals surface area (Å²) in [4.78, 5) is 38.2. The monoisotopic (exact) mass is 346 g/mol. The standard InChI is InChI=1S/C19H26N2O4/c1-3-25-19(24)16-10-7-11-21(13-16)17(22)12-14(2)20-18(23)15-8-5-4-6-9-15/h4-6,8-9,14,16H,3,7,10-13H2,1-2H3,(H,20,23)/t14-,16-/m1/s1. The van der Waals surface area contributed by atoms with Gasteiger partial charge in [-0.05, 0) is 38.8 Å². The second-order valence-electron chi connectivity index (χ2n) is 6.38. The molecule has 0 saturated carbocycles. The number of ether oxygens (including phenoxy) is 1. The molecule has 1 fully saturated rings. The fourth-order valence-corrected chi connectivity index (χ4v) is 2.99. The molecule has 136 valence electrons. The second kappa shape index (κ2) is 9.20. The van der Waals surface area contributed by atoms with Crippen LogP contribution in [0.15, 0.2) is 30.3 Å². The van der Waals surface area contributed by atoms with Crippen molar-refractivity contribution in [2.45, 2.75) is 39.2 Å². The van der Waals surface area contributed by atoms with Crippen LogP contribution in [0.25, 0.3) is 0 Å². The van der Waals surface area contributed by atoms with Crippen LogP contribution < -0.4 is 5.32 Å². The predicted molar refractivity (Wildman–Crippen MR) is 93.9 cm³/mol. The first-order valence-electron chi connectivity index (χ1n) is 8.81. The smallest absolute Gasteiger partial charge is 0.310 e. The number of carbonyl (C=O) groups is 3. The van der Waals surface area contributed by atoms with Gasteiger partial charge >= 0.3 is 5.97 Å². The van der Waals surface area contributed by atoms with Crippen LogP contribution in [0, 0.1) is 5.92 Å². The summed E-state index contributed by atoms with van der Waals surface area (Å²) in [7, 11) is 0. The lowest BCUT2D eigenvalue weighted by Gasteiger charge is -2.32. The Bertz CT molecular complexity index is 603. The largest absolute Gasteiger partial charge is 0.466 e. The number of rotatable bonds is 6. The molecule has 1 aromatic carbocycles. The van der Waals surface area contributed by atoms with Crippen LogP contribution in [0.1, 0.15) is 43.5 Å². The van der Waals surface area contributed by atoms with Gasteiger partial charge in [0.05, 0.1) is 12.5 Å². The minimum absolute atomic E-state index is 0.0464. The van der Waals surface area contributed by atoms with E-state index in [1.807, 2.05) is 13.0 Å². The first-order chi connectivity index (χ1) is 12.0. The molecule has 0 aliphatic carbocycles.